The predicted molar refractivity (Wildman–Crippen MR) is 73.0 cm³/mol. The summed E-state index contributed by atoms with van der Waals surface area (Å²) >= 11 is 0. The highest BCUT2D eigenvalue weighted by atomic mass is 16.2. The van der Waals surface area contributed by atoms with Crippen molar-refractivity contribution < 1.29 is 9.59 Å². The van der Waals surface area contributed by atoms with Crippen LogP contribution in [0.5, 0.6) is 0 Å². The van der Waals surface area contributed by atoms with Gasteiger partial charge in [-0.05, 0) is 25.3 Å². The molecule has 0 aliphatic carbocycles. The molecule has 5 nitrogen and oxygen atoms in total. The molecule has 0 aromatic rings. The van der Waals surface area contributed by atoms with Crippen LogP contribution < -0.4 is 16.4 Å². The second-order valence-corrected chi connectivity index (χ2v) is 4.93. The first-order chi connectivity index (χ1) is 8.56. The molecule has 0 radical (unpaired) electrons. The lowest BCUT2D eigenvalue weighted by atomic mass is 10.1. The van der Waals surface area contributed by atoms with Crippen LogP contribution in [0.4, 0.5) is 0 Å². The molecule has 0 aliphatic rings. The number of unbranched alkanes of at least 4 members (excludes halogenated alkanes) is 3. The molecule has 0 saturated heterocycles. The molecule has 0 spiro atoms. The SMILES string of the molecule is CC(C)CNC(=O)CNC(=O)CCCCCCN. The highest BCUT2D eigenvalue weighted by Gasteiger charge is 2.05. The van der Waals surface area contributed by atoms with Crippen molar-refractivity contribution >= 4 is 11.8 Å². The molecule has 0 atom stereocenters. The Morgan fingerprint density at radius 2 is 1.67 bits per heavy atom. The van der Waals surface area contributed by atoms with Crippen LogP contribution in [-0.2, 0) is 9.59 Å². The molecular weight excluding hydrogens is 230 g/mol. The summed E-state index contributed by atoms with van der Waals surface area (Å²) in [5, 5.41) is 5.38. The molecule has 0 fully saturated rings. The first-order valence-electron chi connectivity index (χ1n) is 6.79. The van der Waals surface area contributed by atoms with E-state index in [1.807, 2.05) is 13.8 Å². The summed E-state index contributed by atoms with van der Waals surface area (Å²) < 4.78 is 0. The number of amides is 2. The molecule has 106 valence electrons. The van der Waals surface area contributed by atoms with Crippen molar-refractivity contribution in [3.63, 3.8) is 0 Å². The number of carbonyl (C=O) groups is 2. The number of carbonyl (C=O) groups excluding carboxylic acids is 2. The minimum absolute atomic E-state index is 0.0533. The van der Waals surface area contributed by atoms with Gasteiger partial charge in [-0.3, -0.25) is 9.59 Å². The predicted octanol–water partition coefficient (Wildman–Crippen LogP) is 0.784. The van der Waals surface area contributed by atoms with E-state index in [2.05, 4.69) is 10.6 Å². The van der Waals surface area contributed by atoms with Crippen molar-refractivity contribution in [3.8, 4) is 0 Å². The fourth-order valence-corrected chi connectivity index (χ4v) is 1.43. The van der Waals surface area contributed by atoms with E-state index in [1.54, 1.807) is 0 Å². The maximum atomic E-state index is 11.4. The van der Waals surface area contributed by atoms with Gasteiger partial charge >= 0.3 is 0 Å². The van der Waals surface area contributed by atoms with Gasteiger partial charge in [0.25, 0.3) is 0 Å². The molecule has 18 heavy (non-hydrogen) atoms. The Hall–Kier alpha value is -1.10. The number of rotatable bonds is 10. The van der Waals surface area contributed by atoms with Gasteiger partial charge in [-0.15, -0.1) is 0 Å². The minimum atomic E-state index is -0.125. The topological polar surface area (TPSA) is 84.2 Å². The van der Waals surface area contributed by atoms with E-state index in [0.717, 1.165) is 25.7 Å². The Morgan fingerprint density at radius 3 is 2.28 bits per heavy atom. The molecule has 4 N–H and O–H groups in total. The normalized spacial score (nSPS) is 10.4. The van der Waals surface area contributed by atoms with Crippen LogP contribution in [0.1, 0.15) is 46.0 Å². The standard InChI is InChI=1S/C13H27N3O2/c1-11(2)9-15-13(18)10-16-12(17)7-5-3-4-6-8-14/h11H,3-10,14H2,1-2H3,(H,15,18)(H,16,17). The summed E-state index contributed by atoms with van der Waals surface area (Å²) in [6.07, 6.45) is 4.45. The van der Waals surface area contributed by atoms with Crippen molar-refractivity contribution in [1.29, 1.82) is 0 Å². The molecule has 0 saturated carbocycles. The molecular formula is C13H27N3O2. The Bertz CT molecular complexity index is 242. The Kier molecular flexibility index (Phi) is 10.3. The van der Waals surface area contributed by atoms with Crippen LogP contribution in [0, 0.1) is 5.92 Å². The molecule has 5 heteroatoms. The van der Waals surface area contributed by atoms with Crippen LogP contribution in [0.3, 0.4) is 0 Å². The van der Waals surface area contributed by atoms with Gasteiger partial charge in [0, 0.05) is 13.0 Å². The van der Waals surface area contributed by atoms with E-state index in [4.69, 9.17) is 5.73 Å². The highest BCUT2D eigenvalue weighted by molar-refractivity contribution is 5.84. The van der Waals surface area contributed by atoms with Crippen LogP contribution in [0.15, 0.2) is 0 Å². The van der Waals surface area contributed by atoms with E-state index in [9.17, 15) is 9.59 Å². The van der Waals surface area contributed by atoms with E-state index in [-0.39, 0.29) is 18.4 Å². The largest absolute Gasteiger partial charge is 0.354 e. The van der Waals surface area contributed by atoms with E-state index in [0.29, 0.717) is 25.4 Å². The molecule has 0 aliphatic heterocycles. The van der Waals surface area contributed by atoms with E-state index in [1.165, 1.54) is 0 Å². The minimum Gasteiger partial charge on any atom is -0.354 e. The zero-order chi connectivity index (χ0) is 13.8. The number of nitrogens with one attached hydrogen (secondary N) is 2. The Labute approximate surface area is 110 Å². The number of nitrogens with two attached hydrogens (primary N) is 1. The van der Waals surface area contributed by atoms with Crippen LogP contribution in [-0.4, -0.2) is 31.4 Å². The summed E-state index contributed by atoms with van der Waals surface area (Å²) in [5.74, 6) is 0.245. The summed E-state index contributed by atoms with van der Waals surface area (Å²) in [6.45, 7) is 5.49. The van der Waals surface area contributed by atoms with Crippen molar-refractivity contribution in [2.24, 2.45) is 11.7 Å². The highest BCUT2D eigenvalue weighted by Crippen LogP contribution is 2.01. The Morgan fingerprint density at radius 1 is 1.00 bits per heavy atom. The fraction of sp³-hybridized carbons (Fsp3) is 0.846. The third-order valence-corrected chi connectivity index (χ3v) is 2.51. The van der Waals surface area contributed by atoms with Gasteiger partial charge in [0.15, 0.2) is 0 Å². The van der Waals surface area contributed by atoms with Gasteiger partial charge in [-0.1, -0.05) is 26.7 Å². The van der Waals surface area contributed by atoms with Crippen molar-refractivity contribution in [2.75, 3.05) is 19.6 Å². The van der Waals surface area contributed by atoms with Crippen molar-refractivity contribution in [3.05, 3.63) is 0 Å². The third kappa shape index (κ3) is 11.4. The molecule has 0 unspecified atom stereocenters. The van der Waals surface area contributed by atoms with Crippen LogP contribution >= 0.6 is 0 Å². The summed E-state index contributed by atoms with van der Waals surface area (Å²) in [6, 6.07) is 0. The Balaban J connectivity index is 3.43. The second kappa shape index (κ2) is 11.0. The van der Waals surface area contributed by atoms with Crippen LogP contribution in [0.2, 0.25) is 0 Å². The second-order valence-electron chi connectivity index (χ2n) is 4.93. The maximum Gasteiger partial charge on any atom is 0.239 e. The van der Waals surface area contributed by atoms with E-state index < -0.39 is 0 Å². The van der Waals surface area contributed by atoms with E-state index >= 15 is 0 Å². The number of hydrogen-bond acceptors (Lipinski definition) is 3. The summed E-state index contributed by atoms with van der Waals surface area (Å²) in [5.41, 5.74) is 5.38. The zero-order valence-electron chi connectivity index (χ0n) is 11.6. The fourth-order valence-electron chi connectivity index (χ4n) is 1.43. The maximum absolute atomic E-state index is 11.4. The van der Waals surface area contributed by atoms with Gasteiger partial charge < -0.3 is 16.4 Å². The molecule has 0 aromatic carbocycles. The monoisotopic (exact) mass is 257 g/mol. The summed E-state index contributed by atoms with van der Waals surface area (Å²) in [7, 11) is 0. The lowest BCUT2D eigenvalue weighted by Gasteiger charge is -2.08. The average molecular weight is 257 g/mol. The molecule has 2 amide bonds. The molecule has 0 heterocycles. The smallest absolute Gasteiger partial charge is 0.239 e. The van der Waals surface area contributed by atoms with Crippen LogP contribution in [0.25, 0.3) is 0 Å². The van der Waals surface area contributed by atoms with Crippen molar-refractivity contribution in [1.82, 2.24) is 10.6 Å². The van der Waals surface area contributed by atoms with Gasteiger partial charge in [0.2, 0.25) is 11.8 Å². The first-order valence-corrected chi connectivity index (χ1v) is 6.79. The molecule has 0 bridgehead atoms. The number of hydrogen-bond donors (Lipinski definition) is 3. The van der Waals surface area contributed by atoms with Gasteiger partial charge in [-0.2, -0.15) is 0 Å². The van der Waals surface area contributed by atoms with Gasteiger partial charge in [0.05, 0.1) is 6.54 Å². The lowest BCUT2D eigenvalue weighted by Crippen LogP contribution is -2.38. The third-order valence-electron chi connectivity index (χ3n) is 2.51. The van der Waals surface area contributed by atoms with Crippen molar-refractivity contribution in [2.45, 2.75) is 46.0 Å². The molecule has 0 aromatic heterocycles. The van der Waals surface area contributed by atoms with Gasteiger partial charge in [-0.25, -0.2) is 0 Å². The first kappa shape index (κ1) is 16.9. The lowest BCUT2D eigenvalue weighted by molar-refractivity contribution is -0.126. The molecule has 0 rings (SSSR count). The average Bonchev–Trinajstić information content (AvgIpc) is 2.33. The zero-order valence-corrected chi connectivity index (χ0v) is 11.6. The summed E-state index contributed by atoms with van der Waals surface area (Å²) in [4.78, 5) is 22.7. The quantitative estimate of drug-likeness (QED) is 0.506. The van der Waals surface area contributed by atoms with Gasteiger partial charge in [0.1, 0.15) is 0 Å².